The number of unbranched alkanes of at least 4 members (excludes halogenated alkanes) is 4. The number of carbonyl (C=O) groups excluding carboxylic acids is 1. The van der Waals surface area contributed by atoms with E-state index < -0.39 is 36.8 Å². The van der Waals surface area contributed by atoms with Crippen LogP contribution in [0.1, 0.15) is 39.0 Å². The molecular formula is C15H29NO7. The zero-order chi connectivity index (χ0) is 17.2. The lowest BCUT2D eigenvalue weighted by Gasteiger charge is -2.39. The number of carbonyl (C=O) groups is 1. The van der Waals surface area contributed by atoms with Gasteiger partial charge >= 0.3 is 6.09 Å². The molecule has 0 unspecified atom stereocenters. The summed E-state index contributed by atoms with van der Waals surface area (Å²) in [7, 11) is 1.31. The lowest BCUT2D eigenvalue weighted by molar-refractivity contribution is -0.294. The predicted molar refractivity (Wildman–Crippen MR) is 81.8 cm³/mol. The van der Waals surface area contributed by atoms with Crippen molar-refractivity contribution in [2.45, 2.75) is 69.7 Å². The highest BCUT2D eigenvalue weighted by atomic mass is 16.7. The SMILES string of the molecule is CCCCCCCNC(=O)OC[C@@H]1O[C@H](OC)[C@H](O)[C@H](O)[C@@H]1O. The minimum atomic E-state index is -1.43. The molecule has 1 amide bonds. The van der Waals surface area contributed by atoms with Crippen molar-refractivity contribution < 1.29 is 34.3 Å². The maximum absolute atomic E-state index is 11.6. The van der Waals surface area contributed by atoms with Crippen LogP contribution in [0.15, 0.2) is 0 Å². The van der Waals surface area contributed by atoms with Crippen LogP contribution in [0, 0.1) is 0 Å². The molecule has 136 valence electrons. The van der Waals surface area contributed by atoms with Gasteiger partial charge in [-0.2, -0.15) is 0 Å². The van der Waals surface area contributed by atoms with Crippen molar-refractivity contribution in [2.24, 2.45) is 0 Å². The van der Waals surface area contributed by atoms with E-state index in [0.29, 0.717) is 6.54 Å². The lowest BCUT2D eigenvalue weighted by atomic mass is 9.99. The van der Waals surface area contributed by atoms with E-state index in [1.165, 1.54) is 20.0 Å². The fourth-order valence-corrected chi connectivity index (χ4v) is 2.38. The summed E-state index contributed by atoms with van der Waals surface area (Å²) < 4.78 is 15.1. The Hall–Kier alpha value is -0.930. The number of hydrogen-bond donors (Lipinski definition) is 4. The predicted octanol–water partition coefficient (Wildman–Crippen LogP) is 0.137. The maximum atomic E-state index is 11.6. The summed E-state index contributed by atoms with van der Waals surface area (Å²) in [5, 5.41) is 31.8. The van der Waals surface area contributed by atoms with E-state index in [1.807, 2.05) is 0 Å². The van der Waals surface area contributed by atoms with Crippen molar-refractivity contribution in [2.75, 3.05) is 20.3 Å². The summed E-state index contributed by atoms with van der Waals surface area (Å²) in [5.41, 5.74) is 0. The number of ether oxygens (including phenoxy) is 3. The zero-order valence-electron chi connectivity index (χ0n) is 13.8. The largest absolute Gasteiger partial charge is 0.447 e. The van der Waals surface area contributed by atoms with Crippen LogP contribution in [0.5, 0.6) is 0 Å². The molecule has 0 aliphatic carbocycles. The maximum Gasteiger partial charge on any atom is 0.407 e. The number of nitrogens with one attached hydrogen (secondary N) is 1. The molecule has 1 rings (SSSR count). The first kappa shape index (κ1) is 20.1. The number of aliphatic hydroxyl groups is 3. The van der Waals surface area contributed by atoms with E-state index in [4.69, 9.17) is 14.2 Å². The number of amides is 1. The first-order valence-electron chi connectivity index (χ1n) is 8.14. The van der Waals surface area contributed by atoms with Gasteiger partial charge in [0.2, 0.25) is 0 Å². The Morgan fingerprint density at radius 2 is 1.78 bits per heavy atom. The topological polar surface area (TPSA) is 117 Å². The van der Waals surface area contributed by atoms with E-state index in [2.05, 4.69) is 12.2 Å². The van der Waals surface area contributed by atoms with Crippen molar-refractivity contribution in [1.29, 1.82) is 0 Å². The van der Waals surface area contributed by atoms with E-state index in [9.17, 15) is 20.1 Å². The van der Waals surface area contributed by atoms with Crippen molar-refractivity contribution in [1.82, 2.24) is 5.32 Å². The molecule has 1 aliphatic heterocycles. The first-order valence-corrected chi connectivity index (χ1v) is 8.14. The van der Waals surface area contributed by atoms with Gasteiger partial charge in [-0.3, -0.25) is 0 Å². The molecular weight excluding hydrogens is 306 g/mol. The average molecular weight is 335 g/mol. The fraction of sp³-hybridized carbons (Fsp3) is 0.933. The number of methoxy groups -OCH3 is 1. The highest BCUT2D eigenvalue weighted by molar-refractivity contribution is 5.67. The van der Waals surface area contributed by atoms with Gasteiger partial charge in [0.15, 0.2) is 6.29 Å². The molecule has 1 saturated heterocycles. The lowest BCUT2D eigenvalue weighted by Crippen LogP contribution is -2.59. The Labute approximate surface area is 136 Å². The summed E-state index contributed by atoms with van der Waals surface area (Å²) in [6.07, 6.45) is -1.35. The van der Waals surface area contributed by atoms with Gasteiger partial charge in [-0.15, -0.1) is 0 Å². The quantitative estimate of drug-likeness (QED) is 0.443. The molecule has 8 heteroatoms. The van der Waals surface area contributed by atoms with Crippen LogP contribution in [-0.4, -0.2) is 72.4 Å². The Bertz CT molecular complexity index is 340. The van der Waals surface area contributed by atoms with Crippen LogP contribution >= 0.6 is 0 Å². The number of hydrogen-bond acceptors (Lipinski definition) is 7. The van der Waals surface area contributed by atoms with Crippen molar-refractivity contribution >= 4 is 6.09 Å². The fourth-order valence-electron chi connectivity index (χ4n) is 2.38. The number of rotatable bonds is 9. The van der Waals surface area contributed by atoms with Crippen LogP contribution in [0.4, 0.5) is 4.79 Å². The zero-order valence-corrected chi connectivity index (χ0v) is 13.8. The Morgan fingerprint density at radius 1 is 1.09 bits per heavy atom. The van der Waals surface area contributed by atoms with Gasteiger partial charge in [0, 0.05) is 13.7 Å². The third-order valence-electron chi connectivity index (χ3n) is 3.83. The van der Waals surface area contributed by atoms with Gasteiger partial charge in [-0.25, -0.2) is 4.79 Å². The van der Waals surface area contributed by atoms with Crippen molar-refractivity contribution in [3.8, 4) is 0 Å². The Balaban J connectivity index is 2.24. The highest BCUT2D eigenvalue weighted by Gasteiger charge is 2.44. The molecule has 0 spiro atoms. The van der Waals surface area contributed by atoms with Gasteiger partial charge in [-0.05, 0) is 6.42 Å². The van der Waals surface area contributed by atoms with E-state index in [0.717, 1.165) is 19.3 Å². The smallest absolute Gasteiger partial charge is 0.407 e. The molecule has 8 nitrogen and oxygen atoms in total. The van der Waals surface area contributed by atoms with Crippen LogP contribution in [0.3, 0.4) is 0 Å². The van der Waals surface area contributed by atoms with Crippen LogP contribution in [0.25, 0.3) is 0 Å². The Morgan fingerprint density at radius 3 is 2.43 bits per heavy atom. The minimum absolute atomic E-state index is 0.244. The standard InChI is InChI=1S/C15H29NO7/c1-3-4-5-6-7-8-16-15(20)22-9-10-11(17)12(18)13(19)14(21-2)23-10/h10-14,17-19H,3-9H2,1-2H3,(H,16,20)/t10-,11+,12+,13+,14-/m0/s1. The van der Waals surface area contributed by atoms with Crippen LogP contribution in [0.2, 0.25) is 0 Å². The van der Waals surface area contributed by atoms with Crippen molar-refractivity contribution in [3.05, 3.63) is 0 Å². The molecule has 5 atom stereocenters. The molecule has 1 aliphatic rings. The van der Waals surface area contributed by atoms with Crippen molar-refractivity contribution in [3.63, 3.8) is 0 Å². The van der Waals surface area contributed by atoms with Gasteiger partial charge < -0.3 is 34.8 Å². The molecule has 0 aromatic rings. The van der Waals surface area contributed by atoms with Gasteiger partial charge in [0.25, 0.3) is 0 Å². The summed E-state index contributed by atoms with van der Waals surface area (Å²) in [4.78, 5) is 11.6. The molecule has 0 aromatic carbocycles. The molecule has 0 radical (unpaired) electrons. The minimum Gasteiger partial charge on any atom is -0.447 e. The number of alkyl carbamates (subject to hydrolysis) is 1. The molecule has 0 saturated carbocycles. The third kappa shape index (κ3) is 6.60. The monoisotopic (exact) mass is 335 g/mol. The second-order valence-corrected chi connectivity index (χ2v) is 5.69. The van der Waals surface area contributed by atoms with E-state index in [-0.39, 0.29) is 6.61 Å². The number of aliphatic hydroxyl groups excluding tert-OH is 3. The van der Waals surface area contributed by atoms with E-state index in [1.54, 1.807) is 0 Å². The van der Waals surface area contributed by atoms with Gasteiger partial charge in [0.05, 0.1) is 0 Å². The second-order valence-electron chi connectivity index (χ2n) is 5.69. The first-order chi connectivity index (χ1) is 11.0. The third-order valence-corrected chi connectivity index (χ3v) is 3.83. The normalized spacial score (nSPS) is 30.9. The highest BCUT2D eigenvalue weighted by Crippen LogP contribution is 2.21. The summed E-state index contributed by atoms with van der Waals surface area (Å²) in [5.74, 6) is 0. The molecule has 1 fully saturated rings. The average Bonchev–Trinajstić information content (AvgIpc) is 2.55. The molecule has 0 bridgehead atoms. The molecule has 1 heterocycles. The second kappa shape index (κ2) is 10.8. The summed E-state index contributed by atoms with van der Waals surface area (Å²) in [6, 6.07) is 0. The summed E-state index contributed by atoms with van der Waals surface area (Å²) >= 11 is 0. The van der Waals surface area contributed by atoms with E-state index >= 15 is 0 Å². The molecule has 4 N–H and O–H groups in total. The van der Waals surface area contributed by atoms with Gasteiger partial charge in [-0.1, -0.05) is 32.6 Å². The summed E-state index contributed by atoms with van der Waals surface area (Å²) in [6.45, 7) is 2.42. The van der Waals surface area contributed by atoms with Crippen LogP contribution < -0.4 is 5.32 Å². The molecule has 23 heavy (non-hydrogen) atoms. The van der Waals surface area contributed by atoms with Gasteiger partial charge in [0.1, 0.15) is 31.0 Å². The Kier molecular flexibility index (Phi) is 9.42. The molecule has 0 aromatic heterocycles. The van der Waals surface area contributed by atoms with Crippen LogP contribution in [-0.2, 0) is 14.2 Å².